The van der Waals surface area contributed by atoms with Gasteiger partial charge in [-0.25, -0.2) is 0 Å². The Bertz CT molecular complexity index is 471. The van der Waals surface area contributed by atoms with Crippen LogP contribution in [0, 0.1) is 0 Å². The predicted molar refractivity (Wildman–Crippen MR) is 68.2 cm³/mol. The monoisotopic (exact) mass is 286 g/mol. The summed E-state index contributed by atoms with van der Waals surface area (Å²) < 4.78 is 37.3. The molecule has 0 spiro atoms. The Morgan fingerprint density at radius 2 is 1.65 bits per heavy atom. The topological polar surface area (TPSA) is 37.3 Å². The Morgan fingerprint density at radius 3 is 2.15 bits per heavy atom. The minimum atomic E-state index is -4.37. The first kappa shape index (κ1) is 15.0. The minimum Gasteiger partial charge on any atom is -0.382 e. The lowest BCUT2D eigenvalue weighted by molar-refractivity contribution is -0.139. The maximum absolute atomic E-state index is 12.4. The molecule has 1 N–H and O–H groups in total. The van der Waals surface area contributed by atoms with E-state index in [1.54, 1.807) is 0 Å². The molecule has 0 atom stereocenters. The average molecular weight is 286 g/mol. The molecule has 110 valence electrons. The number of hydrogen-bond donors (Lipinski definition) is 1. The predicted octanol–water partition coefficient (Wildman–Crippen LogP) is 3.51. The fraction of sp³-hybridized carbons (Fsp3) is 0.533. The van der Waals surface area contributed by atoms with Gasteiger partial charge in [-0.3, -0.25) is 4.79 Å². The van der Waals surface area contributed by atoms with E-state index >= 15 is 0 Å². The molecule has 0 aromatic heterocycles. The molecule has 0 aliphatic heterocycles. The fourth-order valence-corrected chi connectivity index (χ4v) is 2.58. The largest absolute Gasteiger partial charge is 0.416 e. The highest BCUT2D eigenvalue weighted by molar-refractivity contribution is 5.89. The van der Waals surface area contributed by atoms with Crippen LogP contribution in [-0.2, 0) is 17.4 Å². The number of benzene rings is 1. The van der Waals surface area contributed by atoms with Crippen molar-refractivity contribution in [2.45, 2.75) is 50.3 Å². The summed E-state index contributed by atoms with van der Waals surface area (Å²) in [6.45, 7) is 0. The summed E-state index contributed by atoms with van der Waals surface area (Å²) >= 11 is 0. The molecule has 2 rings (SSSR count). The standard InChI is InChI=1S/C15H17F3O2/c16-15(17,18)12-6-4-11(5-7-12)10-13(19)14(20)8-2-1-3-9-14/h4-7,20H,1-3,8-10H2. The van der Waals surface area contributed by atoms with Crippen LogP contribution in [-0.4, -0.2) is 16.5 Å². The van der Waals surface area contributed by atoms with Gasteiger partial charge in [0.25, 0.3) is 0 Å². The van der Waals surface area contributed by atoms with E-state index in [9.17, 15) is 23.1 Å². The van der Waals surface area contributed by atoms with Crippen molar-refractivity contribution in [3.63, 3.8) is 0 Å². The molecule has 0 amide bonds. The van der Waals surface area contributed by atoms with Gasteiger partial charge in [0, 0.05) is 6.42 Å². The molecule has 1 aromatic carbocycles. The summed E-state index contributed by atoms with van der Waals surface area (Å²) in [5, 5.41) is 10.3. The van der Waals surface area contributed by atoms with E-state index < -0.39 is 17.3 Å². The number of hydrogen-bond acceptors (Lipinski definition) is 2. The molecule has 1 fully saturated rings. The quantitative estimate of drug-likeness (QED) is 0.923. The highest BCUT2D eigenvalue weighted by atomic mass is 19.4. The molecule has 20 heavy (non-hydrogen) atoms. The molecule has 1 aliphatic rings. The number of ketones is 1. The van der Waals surface area contributed by atoms with E-state index in [1.807, 2.05) is 0 Å². The number of alkyl halides is 3. The summed E-state index contributed by atoms with van der Waals surface area (Å²) in [7, 11) is 0. The SMILES string of the molecule is O=C(Cc1ccc(C(F)(F)F)cc1)C1(O)CCCCC1. The van der Waals surface area contributed by atoms with E-state index in [1.165, 1.54) is 12.1 Å². The number of halogens is 3. The second-order valence-corrected chi connectivity index (χ2v) is 5.39. The molecule has 0 unspecified atom stereocenters. The van der Waals surface area contributed by atoms with Gasteiger partial charge in [-0.15, -0.1) is 0 Å². The zero-order chi connectivity index (χ0) is 14.8. The molecule has 1 aliphatic carbocycles. The molecule has 0 radical (unpaired) electrons. The first-order valence-electron chi connectivity index (χ1n) is 6.73. The summed E-state index contributed by atoms with van der Waals surface area (Å²) in [5.41, 5.74) is -1.52. The lowest BCUT2D eigenvalue weighted by Crippen LogP contribution is -2.41. The van der Waals surface area contributed by atoms with Crippen LogP contribution in [0.5, 0.6) is 0 Å². The lowest BCUT2D eigenvalue weighted by atomic mass is 9.80. The van der Waals surface area contributed by atoms with Crippen LogP contribution in [0.2, 0.25) is 0 Å². The van der Waals surface area contributed by atoms with Crippen LogP contribution in [0.15, 0.2) is 24.3 Å². The molecule has 0 saturated heterocycles. The van der Waals surface area contributed by atoms with Crippen molar-refractivity contribution in [2.75, 3.05) is 0 Å². The third kappa shape index (κ3) is 3.39. The van der Waals surface area contributed by atoms with Crippen LogP contribution in [0.25, 0.3) is 0 Å². The minimum absolute atomic E-state index is 0.0192. The van der Waals surface area contributed by atoms with Crippen molar-refractivity contribution >= 4 is 5.78 Å². The van der Waals surface area contributed by atoms with Crippen LogP contribution in [0.1, 0.15) is 43.2 Å². The van der Waals surface area contributed by atoms with Gasteiger partial charge in [0.05, 0.1) is 5.56 Å². The molecule has 2 nitrogen and oxygen atoms in total. The Morgan fingerprint density at radius 1 is 1.10 bits per heavy atom. The second kappa shape index (κ2) is 5.56. The zero-order valence-electron chi connectivity index (χ0n) is 11.0. The smallest absolute Gasteiger partial charge is 0.382 e. The van der Waals surface area contributed by atoms with E-state index in [2.05, 4.69) is 0 Å². The maximum atomic E-state index is 12.4. The van der Waals surface area contributed by atoms with E-state index in [-0.39, 0.29) is 12.2 Å². The Kier molecular flexibility index (Phi) is 4.18. The average Bonchev–Trinajstić information content (AvgIpc) is 2.39. The normalized spacial score (nSPS) is 18.8. The van der Waals surface area contributed by atoms with Crippen LogP contribution < -0.4 is 0 Å². The van der Waals surface area contributed by atoms with Crippen LogP contribution >= 0.6 is 0 Å². The first-order valence-corrected chi connectivity index (χ1v) is 6.73. The van der Waals surface area contributed by atoms with Gasteiger partial charge >= 0.3 is 6.18 Å². The van der Waals surface area contributed by atoms with E-state index in [0.29, 0.717) is 18.4 Å². The molecule has 0 heterocycles. The molecular formula is C15H17F3O2. The van der Waals surface area contributed by atoms with Crippen molar-refractivity contribution in [3.8, 4) is 0 Å². The third-order valence-corrected chi connectivity index (χ3v) is 3.85. The Labute approximate surface area is 115 Å². The fourth-order valence-electron chi connectivity index (χ4n) is 2.58. The molecule has 0 bridgehead atoms. The van der Waals surface area contributed by atoms with Gasteiger partial charge in [-0.1, -0.05) is 31.4 Å². The van der Waals surface area contributed by atoms with E-state index in [0.717, 1.165) is 31.4 Å². The number of rotatable bonds is 3. The van der Waals surface area contributed by atoms with Gasteiger partial charge in [-0.05, 0) is 30.5 Å². The van der Waals surface area contributed by atoms with Crippen molar-refractivity contribution in [3.05, 3.63) is 35.4 Å². The number of Topliss-reactive ketones (excluding diaryl/α,β-unsaturated/α-hetero) is 1. The van der Waals surface area contributed by atoms with E-state index in [4.69, 9.17) is 0 Å². The number of carbonyl (C=O) groups is 1. The summed E-state index contributed by atoms with van der Waals surface area (Å²) in [6, 6.07) is 4.53. The van der Waals surface area contributed by atoms with Crippen LogP contribution in [0.4, 0.5) is 13.2 Å². The molecule has 5 heteroatoms. The molecular weight excluding hydrogens is 269 g/mol. The third-order valence-electron chi connectivity index (χ3n) is 3.85. The van der Waals surface area contributed by atoms with Crippen LogP contribution in [0.3, 0.4) is 0 Å². The van der Waals surface area contributed by atoms with Crippen molar-refractivity contribution < 1.29 is 23.1 Å². The highest BCUT2D eigenvalue weighted by Gasteiger charge is 2.36. The molecule has 1 aromatic rings. The van der Waals surface area contributed by atoms with Gasteiger partial charge in [0.2, 0.25) is 0 Å². The highest BCUT2D eigenvalue weighted by Crippen LogP contribution is 2.31. The van der Waals surface area contributed by atoms with Gasteiger partial charge in [0.15, 0.2) is 5.78 Å². The van der Waals surface area contributed by atoms with Crippen molar-refractivity contribution in [1.29, 1.82) is 0 Å². The molecule has 1 saturated carbocycles. The van der Waals surface area contributed by atoms with Crippen molar-refractivity contribution in [1.82, 2.24) is 0 Å². The number of aliphatic hydroxyl groups is 1. The summed E-state index contributed by atoms with van der Waals surface area (Å²) in [4.78, 5) is 12.1. The maximum Gasteiger partial charge on any atom is 0.416 e. The van der Waals surface area contributed by atoms with Crippen molar-refractivity contribution in [2.24, 2.45) is 0 Å². The Balaban J connectivity index is 2.04. The number of carbonyl (C=O) groups excluding carboxylic acids is 1. The van der Waals surface area contributed by atoms with Gasteiger partial charge in [0.1, 0.15) is 5.60 Å². The first-order chi connectivity index (χ1) is 9.31. The Hall–Kier alpha value is -1.36. The summed E-state index contributed by atoms with van der Waals surface area (Å²) in [6.07, 6.45) is -0.849. The summed E-state index contributed by atoms with van der Waals surface area (Å²) in [5.74, 6) is -0.294. The van der Waals surface area contributed by atoms with Gasteiger partial charge < -0.3 is 5.11 Å². The second-order valence-electron chi connectivity index (χ2n) is 5.39. The van der Waals surface area contributed by atoms with Gasteiger partial charge in [-0.2, -0.15) is 13.2 Å². The zero-order valence-corrected chi connectivity index (χ0v) is 11.0. The lowest BCUT2D eigenvalue weighted by Gasteiger charge is -2.30.